The van der Waals surface area contributed by atoms with Crippen LogP contribution in [0.3, 0.4) is 0 Å². The van der Waals surface area contributed by atoms with Crippen LogP contribution in [0.4, 0.5) is 0 Å². The fraction of sp³-hybridized carbons (Fsp3) is 1.00. The maximum Gasteiger partial charge on any atom is 0.224 e. The van der Waals surface area contributed by atoms with Gasteiger partial charge in [-0.1, -0.05) is 0 Å². The minimum atomic E-state index is -0.913. The van der Waals surface area contributed by atoms with Crippen molar-refractivity contribution in [2.45, 2.75) is 63.4 Å². The van der Waals surface area contributed by atoms with Crippen LogP contribution < -0.4 is 0 Å². The van der Waals surface area contributed by atoms with Crippen molar-refractivity contribution >= 4 is 0 Å². The zero-order valence-corrected chi connectivity index (χ0v) is 12.1. The van der Waals surface area contributed by atoms with Crippen molar-refractivity contribution in [1.82, 2.24) is 0 Å². The first-order valence-corrected chi connectivity index (χ1v) is 6.63. The summed E-state index contributed by atoms with van der Waals surface area (Å²) in [6.07, 6.45) is -0.703. The first-order valence-electron chi connectivity index (χ1n) is 6.63. The minimum Gasteiger partial charge on any atom is -0.379 e. The minimum absolute atomic E-state index is 0.137. The molecule has 3 heterocycles. The van der Waals surface area contributed by atoms with Gasteiger partial charge in [0.2, 0.25) is 5.79 Å². The Kier molecular flexibility index (Phi) is 2.98. The number of hydrogen-bond acceptors (Lipinski definition) is 6. The van der Waals surface area contributed by atoms with E-state index in [-0.39, 0.29) is 18.3 Å². The fourth-order valence-electron chi connectivity index (χ4n) is 3.15. The first-order chi connectivity index (χ1) is 8.77. The molecular formula is C13H22O6. The highest BCUT2D eigenvalue weighted by molar-refractivity contribution is 5.03. The van der Waals surface area contributed by atoms with E-state index in [0.717, 1.165) is 0 Å². The molecule has 3 rings (SSSR count). The Morgan fingerprint density at radius 2 is 1.79 bits per heavy atom. The predicted molar refractivity (Wildman–Crippen MR) is 64.4 cm³/mol. The van der Waals surface area contributed by atoms with Gasteiger partial charge in [0.1, 0.15) is 24.9 Å². The van der Waals surface area contributed by atoms with Crippen LogP contribution in [0.1, 0.15) is 27.7 Å². The van der Waals surface area contributed by atoms with Gasteiger partial charge in [-0.3, -0.25) is 0 Å². The summed E-state index contributed by atoms with van der Waals surface area (Å²) in [5, 5.41) is 0. The second-order valence-electron chi connectivity index (χ2n) is 6.23. The van der Waals surface area contributed by atoms with E-state index in [0.29, 0.717) is 13.2 Å². The molecule has 3 aliphatic heterocycles. The topological polar surface area (TPSA) is 55.4 Å². The Labute approximate surface area is 113 Å². The number of hydrogen-bond donors (Lipinski definition) is 0. The predicted octanol–water partition coefficient (Wildman–Crippen LogP) is 1.03. The average Bonchev–Trinajstić information content (AvgIpc) is 2.71. The Bertz CT molecular complexity index is 368. The van der Waals surface area contributed by atoms with E-state index < -0.39 is 17.4 Å². The van der Waals surface area contributed by atoms with Gasteiger partial charge in [-0.2, -0.15) is 0 Å². The van der Waals surface area contributed by atoms with Crippen molar-refractivity contribution in [2.24, 2.45) is 0 Å². The lowest BCUT2D eigenvalue weighted by atomic mass is 9.97. The van der Waals surface area contributed by atoms with Gasteiger partial charge in [0.25, 0.3) is 0 Å². The van der Waals surface area contributed by atoms with Crippen LogP contribution in [0.2, 0.25) is 0 Å². The van der Waals surface area contributed by atoms with E-state index >= 15 is 0 Å². The molecule has 3 saturated heterocycles. The maximum absolute atomic E-state index is 5.98. The molecule has 4 atom stereocenters. The molecule has 6 heteroatoms. The summed E-state index contributed by atoms with van der Waals surface area (Å²) in [6, 6.07) is 0. The second kappa shape index (κ2) is 4.13. The molecular weight excluding hydrogens is 252 g/mol. The van der Waals surface area contributed by atoms with Gasteiger partial charge in [0.05, 0.1) is 6.61 Å². The Balaban J connectivity index is 1.89. The summed E-state index contributed by atoms with van der Waals surface area (Å²) in [6.45, 7) is 8.22. The molecule has 0 aliphatic carbocycles. The van der Waals surface area contributed by atoms with Gasteiger partial charge in [0.15, 0.2) is 11.6 Å². The Morgan fingerprint density at radius 3 is 2.47 bits per heavy atom. The molecule has 0 aromatic rings. The largest absolute Gasteiger partial charge is 0.379 e. The molecule has 0 radical (unpaired) electrons. The van der Waals surface area contributed by atoms with Crippen LogP contribution in [-0.4, -0.2) is 56.0 Å². The van der Waals surface area contributed by atoms with Crippen molar-refractivity contribution in [1.29, 1.82) is 0 Å². The van der Waals surface area contributed by atoms with Gasteiger partial charge in [0, 0.05) is 7.11 Å². The van der Waals surface area contributed by atoms with Gasteiger partial charge in [-0.15, -0.1) is 0 Å². The van der Waals surface area contributed by atoms with E-state index in [1.807, 2.05) is 27.7 Å². The van der Waals surface area contributed by atoms with Crippen LogP contribution in [0, 0.1) is 0 Å². The molecule has 0 amide bonds. The van der Waals surface area contributed by atoms with Crippen LogP contribution in [0.25, 0.3) is 0 Å². The van der Waals surface area contributed by atoms with E-state index in [9.17, 15) is 0 Å². The molecule has 19 heavy (non-hydrogen) atoms. The lowest BCUT2D eigenvalue weighted by Crippen LogP contribution is -2.60. The fourth-order valence-corrected chi connectivity index (χ4v) is 3.15. The van der Waals surface area contributed by atoms with Crippen molar-refractivity contribution in [3.63, 3.8) is 0 Å². The third-order valence-electron chi connectivity index (χ3n) is 3.62. The van der Waals surface area contributed by atoms with E-state index in [1.54, 1.807) is 7.11 Å². The van der Waals surface area contributed by atoms with Crippen LogP contribution in [-0.2, 0) is 28.4 Å². The molecule has 3 fully saturated rings. The lowest BCUT2D eigenvalue weighted by Gasteiger charge is -2.40. The average molecular weight is 274 g/mol. The molecule has 0 spiro atoms. The Hall–Kier alpha value is -0.240. The van der Waals surface area contributed by atoms with E-state index in [1.165, 1.54) is 0 Å². The van der Waals surface area contributed by atoms with Crippen LogP contribution >= 0.6 is 0 Å². The van der Waals surface area contributed by atoms with Crippen molar-refractivity contribution < 1.29 is 28.4 Å². The summed E-state index contributed by atoms with van der Waals surface area (Å²) in [5.74, 6) is -2.27. The SMILES string of the molecule is COC[C@@]12OC[C@H]3OC(C)(C)O[C@H]3[C@@H]1OC(C)(C)O2. The van der Waals surface area contributed by atoms with Crippen molar-refractivity contribution in [3.8, 4) is 0 Å². The molecule has 0 bridgehead atoms. The molecule has 6 nitrogen and oxygen atoms in total. The molecule has 0 saturated carbocycles. The summed E-state index contributed by atoms with van der Waals surface area (Å²) < 4.78 is 34.9. The second-order valence-corrected chi connectivity index (χ2v) is 6.23. The lowest BCUT2D eigenvalue weighted by molar-refractivity contribution is -0.296. The highest BCUT2D eigenvalue weighted by atomic mass is 16.9. The number of rotatable bonds is 2. The van der Waals surface area contributed by atoms with Gasteiger partial charge in [-0.05, 0) is 27.7 Å². The third kappa shape index (κ3) is 2.20. The van der Waals surface area contributed by atoms with E-state index in [4.69, 9.17) is 28.4 Å². The standard InChI is InChI=1S/C13H22O6/c1-11(2)16-8-6-15-13(7-14-5)10(9(8)17-11)18-12(3,4)19-13/h8-10H,6-7H2,1-5H3/t8-,9-,10+,13+/m1/s1. The number of fused-ring (bicyclic) bond motifs is 3. The number of methoxy groups -OCH3 is 1. The van der Waals surface area contributed by atoms with Gasteiger partial charge in [-0.25, -0.2) is 0 Å². The molecule has 0 unspecified atom stereocenters. The van der Waals surface area contributed by atoms with Crippen molar-refractivity contribution in [3.05, 3.63) is 0 Å². The molecule has 0 aromatic carbocycles. The highest BCUT2D eigenvalue weighted by Gasteiger charge is 2.65. The highest BCUT2D eigenvalue weighted by Crippen LogP contribution is 2.47. The normalized spacial score (nSPS) is 46.9. The molecule has 0 aromatic heterocycles. The summed E-state index contributed by atoms with van der Waals surface area (Å²) >= 11 is 0. The monoisotopic (exact) mass is 274 g/mol. The molecule has 110 valence electrons. The summed E-state index contributed by atoms with van der Waals surface area (Å²) in [4.78, 5) is 0. The summed E-state index contributed by atoms with van der Waals surface area (Å²) in [5.41, 5.74) is 0. The Morgan fingerprint density at radius 1 is 1.05 bits per heavy atom. The van der Waals surface area contributed by atoms with E-state index in [2.05, 4.69) is 0 Å². The smallest absolute Gasteiger partial charge is 0.224 e. The number of ether oxygens (including phenoxy) is 6. The van der Waals surface area contributed by atoms with Crippen LogP contribution in [0.15, 0.2) is 0 Å². The molecule has 0 N–H and O–H groups in total. The van der Waals surface area contributed by atoms with Gasteiger partial charge >= 0.3 is 0 Å². The van der Waals surface area contributed by atoms with Crippen LogP contribution in [0.5, 0.6) is 0 Å². The zero-order chi connectivity index (χ0) is 13.9. The van der Waals surface area contributed by atoms with Gasteiger partial charge < -0.3 is 28.4 Å². The quantitative estimate of drug-likeness (QED) is 0.749. The first kappa shape index (κ1) is 13.7. The third-order valence-corrected chi connectivity index (χ3v) is 3.62. The summed E-state index contributed by atoms with van der Waals surface area (Å²) in [7, 11) is 1.62. The molecule has 3 aliphatic rings. The zero-order valence-electron chi connectivity index (χ0n) is 12.1. The maximum atomic E-state index is 5.98. The van der Waals surface area contributed by atoms with Crippen molar-refractivity contribution in [2.75, 3.05) is 20.3 Å².